The lowest BCUT2D eigenvalue weighted by Gasteiger charge is -2.32. The van der Waals surface area contributed by atoms with Gasteiger partial charge >= 0.3 is 0 Å². The molecule has 6 nitrogen and oxygen atoms in total. The first-order valence-corrected chi connectivity index (χ1v) is 10.8. The summed E-state index contributed by atoms with van der Waals surface area (Å²) >= 11 is 6.13. The summed E-state index contributed by atoms with van der Waals surface area (Å²) in [6.07, 6.45) is 1.07. The Labute approximate surface area is 161 Å². The summed E-state index contributed by atoms with van der Waals surface area (Å²) in [5.74, 6) is 0.539. The number of rotatable bonds is 8. The summed E-state index contributed by atoms with van der Waals surface area (Å²) in [7, 11) is -2.23. The third kappa shape index (κ3) is 5.51. The highest BCUT2D eigenvalue weighted by Gasteiger charge is 2.31. The number of hydrogen-bond acceptors (Lipinski definition) is 4. The van der Waals surface area contributed by atoms with Gasteiger partial charge in [-0.15, -0.1) is 0 Å². The molecule has 0 aliphatic heterocycles. The zero-order valence-corrected chi connectivity index (χ0v) is 18.0. The maximum atomic E-state index is 12.8. The van der Waals surface area contributed by atoms with Crippen LogP contribution in [0.2, 0.25) is 5.02 Å². The number of carbonyl (C=O) groups excluding carboxylic acids is 1. The zero-order valence-electron chi connectivity index (χ0n) is 16.4. The molecule has 0 bridgehead atoms. The molecule has 1 rings (SSSR count). The molecule has 0 saturated carbocycles. The molecule has 0 spiro atoms. The van der Waals surface area contributed by atoms with Crippen LogP contribution in [0.4, 0.5) is 5.69 Å². The van der Waals surface area contributed by atoms with Crippen molar-refractivity contribution in [3.63, 3.8) is 0 Å². The lowest BCUT2D eigenvalue weighted by Crippen LogP contribution is -2.52. The number of nitrogens with zero attached hydrogens (tertiary/aromatic N) is 1. The van der Waals surface area contributed by atoms with Crippen LogP contribution in [0.5, 0.6) is 5.75 Å². The first kappa shape index (κ1) is 22.6. The van der Waals surface area contributed by atoms with Gasteiger partial charge in [0.05, 0.1) is 24.1 Å². The fraction of sp³-hybridized carbons (Fsp3) is 0.611. The number of ether oxygens (including phenoxy) is 1. The molecule has 26 heavy (non-hydrogen) atoms. The van der Waals surface area contributed by atoms with Crippen molar-refractivity contribution in [3.8, 4) is 5.75 Å². The Balaban J connectivity index is 3.21. The highest BCUT2D eigenvalue weighted by atomic mass is 35.5. The lowest BCUT2D eigenvalue weighted by atomic mass is 9.93. The summed E-state index contributed by atoms with van der Waals surface area (Å²) in [5.41, 5.74) is 0.312. The van der Waals surface area contributed by atoms with Crippen molar-refractivity contribution in [2.45, 2.75) is 46.7 Å². The maximum Gasteiger partial charge on any atom is 0.243 e. The van der Waals surface area contributed by atoms with Crippen LogP contribution in [0.15, 0.2) is 18.2 Å². The average molecular weight is 405 g/mol. The Hall–Kier alpha value is -1.47. The van der Waals surface area contributed by atoms with E-state index in [1.807, 2.05) is 27.7 Å². The molecule has 1 aromatic carbocycles. The van der Waals surface area contributed by atoms with Gasteiger partial charge in [0.2, 0.25) is 15.9 Å². The first-order chi connectivity index (χ1) is 11.9. The molecule has 0 radical (unpaired) electrons. The number of benzene rings is 1. The van der Waals surface area contributed by atoms with Crippen molar-refractivity contribution in [1.29, 1.82) is 0 Å². The van der Waals surface area contributed by atoms with E-state index >= 15 is 0 Å². The monoisotopic (exact) mass is 404 g/mol. The Morgan fingerprint density at radius 2 is 1.69 bits per heavy atom. The van der Waals surface area contributed by atoms with Gasteiger partial charge in [0.1, 0.15) is 11.8 Å². The van der Waals surface area contributed by atoms with Gasteiger partial charge in [0, 0.05) is 6.04 Å². The number of carbonyl (C=O) groups is 1. The van der Waals surface area contributed by atoms with Crippen LogP contribution in [0.1, 0.15) is 34.6 Å². The number of anilines is 1. The Bertz CT molecular complexity index is 727. The quantitative estimate of drug-likeness (QED) is 0.721. The van der Waals surface area contributed by atoms with E-state index in [-0.39, 0.29) is 28.8 Å². The van der Waals surface area contributed by atoms with Crippen LogP contribution < -0.4 is 14.4 Å². The van der Waals surface area contributed by atoms with Gasteiger partial charge in [0.15, 0.2) is 0 Å². The zero-order chi connectivity index (χ0) is 20.2. The minimum Gasteiger partial charge on any atom is -0.495 e. The average Bonchev–Trinajstić information content (AvgIpc) is 2.50. The number of amides is 1. The van der Waals surface area contributed by atoms with E-state index in [1.54, 1.807) is 19.1 Å². The van der Waals surface area contributed by atoms with Gasteiger partial charge in [-0.1, -0.05) is 39.3 Å². The molecular formula is C18H29ClN2O4S. The number of nitrogens with one attached hydrogen (secondary N) is 1. The largest absolute Gasteiger partial charge is 0.495 e. The molecule has 1 unspecified atom stereocenters. The Morgan fingerprint density at radius 1 is 1.15 bits per heavy atom. The van der Waals surface area contributed by atoms with Crippen molar-refractivity contribution in [2.24, 2.45) is 11.8 Å². The molecule has 1 amide bonds. The maximum absolute atomic E-state index is 12.8. The molecule has 1 aromatic rings. The topological polar surface area (TPSA) is 75.7 Å². The van der Waals surface area contributed by atoms with E-state index in [9.17, 15) is 13.2 Å². The predicted octanol–water partition coefficient (Wildman–Crippen LogP) is 3.30. The predicted molar refractivity (Wildman–Crippen MR) is 106 cm³/mol. The molecule has 0 fully saturated rings. The molecule has 148 valence electrons. The summed E-state index contributed by atoms with van der Waals surface area (Å²) in [6.45, 7) is 9.65. The molecule has 0 aliphatic rings. The molecule has 0 saturated heterocycles. The first-order valence-electron chi connectivity index (χ1n) is 8.53. The van der Waals surface area contributed by atoms with E-state index in [2.05, 4.69) is 5.32 Å². The van der Waals surface area contributed by atoms with E-state index in [0.717, 1.165) is 10.6 Å². The minimum atomic E-state index is -3.70. The van der Waals surface area contributed by atoms with Gasteiger partial charge in [-0.3, -0.25) is 9.10 Å². The minimum absolute atomic E-state index is 0.0502. The molecular weight excluding hydrogens is 376 g/mol. The van der Waals surface area contributed by atoms with Gasteiger partial charge in [-0.2, -0.15) is 0 Å². The normalized spacial score (nSPS) is 13.2. The van der Waals surface area contributed by atoms with Crippen LogP contribution in [0.3, 0.4) is 0 Å². The van der Waals surface area contributed by atoms with Crippen molar-refractivity contribution in [3.05, 3.63) is 23.2 Å². The smallest absolute Gasteiger partial charge is 0.243 e. The van der Waals surface area contributed by atoms with Crippen molar-refractivity contribution >= 4 is 33.2 Å². The van der Waals surface area contributed by atoms with Crippen LogP contribution in [-0.4, -0.2) is 39.8 Å². The fourth-order valence-corrected chi connectivity index (χ4v) is 4.41. The summed E-state index contributed by atoms with van der Waals surface area (Å²) in [6, 6.07) is 3.65. The van der Waals surface area contributed by atoms with Crippen LogP contribution in [0.25, 0.3) is 0 Å². The Kier molecular flexibility index (Phi) is 7.77. The standard InChI is InChI=1S/C18H29ClN2O4S/c1-11(2)17(12(3)4)20-18(22)13(5)21(26(7,23)24)14-8-9-16(25-6)15(19)10-14/h8-13,17H,1-7H3,(H,20,22). The second kappa shape index (κ2) is 8.95. The van der Waals surface area contributed by atoms with Gasteiger partial charge in [0.25, 0.3) is 0 Å². The van der Waals surface area contributed by atoms with E-state index < -0.39 is 16.1 Å². The van der Waals surface area contributed by atoms with Crippen molar-refractivity contribution in [2.75, 3.05) is 17.7 Å². The summed E-state index contributed by atoms with van der Waals surface area (Å²) in [5, 5.41) is 3.24. The van der Waals surface area contributed by atoms with Gasteiger partial charge in [-0.05, 0) is 37.0 Å². The van der Waals surface area contributed by atoms with E-state index in [0.29, 0.717) is 11.4 Å². The number of halogens is 1. The second-order valence-electron chi connectivity index (χ2n) is 7.08. The molecule has 1 N–H and O–H groups in total. The number of hydrogen-bond donors (Lipinski definition) is 1. The van der Waals surface area contributed by atoms with Crippen LogP contribution >= 0.6 is 11.6 Å². The van der Waals surface area contributed by atoms with Gasteiger partial charge in [-0.25, -0.2) is 8.42 Å². The Morgan fingerprint density at radius 3 is 2.08 bits per heavy atom. The lowest BCUT2D eigenvalue weighted by molar-refractivity contribution is -0.123. The molecule has 0 aromatic heterocycles. The third-order valence-electron chi connectivity index (χ3n) is 4.22. The van der Waals surface area contributed by atoms with Gasteiger partial charge < -0.3 is 10.1 Å². The number of methoxy groups -OCH3 is 1. The summed E-state index contributed by atoms with van der Waals surface area (Å²) < 4.78 is 30.9. The third-order valence-corrected chi connectivity index (χ3v) is 5.76. The van der Waals surface area contributed by atoms with Crippen molar-refractivity contribution < 1.29 is 17.9 Å². The van der Waals surface area contributed by atoms with Crippen LogP contribution in [0, 0.1) is 11.8 Å². The number of sulfonamides is 1. The SMILES string of the molecule is COc1ccc(N(C(C)C(=O)NC(C(C)C)C(C)C)S(C)(=O)=O)cc1Cl. The summed E-state index contributed by atoms with van der Waals surface area (Å²) in [4.78, 5) is 12.8. The molecule has 0 heterocycles. The second-order valence-corrected chi connectivity index (χ2v) is 9.34. The molecule has 8 heteroatoms. The van der Waals surface area contributed by atoms with E-state index in [1.165, 1.54) is 13.2 Å². The molecule has 0 aliphatic carbocycles. The highest BCUT2D eigenvalue weighted by molar-refractivity contribution is 7.92. The fourth-order valence-electron chi connectivity index (χ4n) is 2.99. The highest BCUT2D eigenvalue weighted by Crippen LogP contribution is 2.31. The van der Waals surface area contributed by atoms with Crippen LogP contribution in [-0.2, 0) is 14.8 Å². The van der Waals surface area contributed by atoms with E-state index in [4.69, 9.17) is 16.3 Å². The molecule has 1 atom stereocenters. The van der Waals surface area contributed by atoms with Crippen molar-refractivity contribution in [1.82, 2.24) is 5.32 Å².